The molecule has 0 unspecified atom stereocenters. The van der Waals surface area contributed by atoms with Gasteiger partial charge in [-0.2, -0.15) is 0 Å². The number of aliphatic hydroxyl groups is 3. The van der Waals surface area contributed by atoms with Gasteiger partial charge in [0.2, 0.25) is 18.2 Å². The first-order chi connectivity index (χ1) is 10.7. The van der Waals surface area contributed by atoms with Crippen molar-refractivity contribution in [1.29, 1.82) is 10.8 Å². The SMILES string of the molecule is C1CCCCC1.CN=C=O.CO.CO.CO.N=C=O.N=C=O. The standard InChI is InChI=1S/C6H12.C2H3NO.2CHNO.3CH4O/c1-2-4-6-5-3-1;1-3-2-4;2*2-1-3;3*1-2/h1-6H2;1H3;2*2H;3*2H,1H3. The third-order valence-corrected chi connectivity index (χ3v) is 1.59. The molecule has 9 nitrogen and oxygen atoms in total. The molecule has 0 aromatic carbocycles. The monoisotopic (exact) mass is 323 g/mol. The minimum atomic E-state index is 0.750. The summed E-state index contributed by atoms with van der Waals surface area (Å²) in [6.07, 6.45) is 11.8. The predicted molar refractivity (Wildman–Crippen MR) is 83.0 cm³/mol. The lowest BCUT2D eigenvalue weighted by atomic mass is 10.0. The molecule has 5 N–H and O–H groups in total. The van der Waals surface area contributed by atoms with Gasteiger partial charge in [0, 0.05) is 28.4 Å². The highest BCUT2D eigenvalue weighted by Gasteiger charge is 1.95. The summed E-state index contributed by atoms with van der Waals surface area (Å²) in [6, 6.07) is 0. The van der Waals surface area contributed by atoms with Crippen molar-refractivity contribution >= 4 is 18.2 Å². The van der Waals surface area contributed by atoms with Crippen LogP contribution in [-0.2, 0) is 14.4 Å². The molecule has 1 fully saturated rings. The quantitative estimate of drug-likeness (QED) is 0.327. The van der Waals surface area contributed by atoms with E-state index in [0.717, 1.165) is 33.5 Å². The Bertz CT molecular complexity index is 217. The van der Waals surface area contributed by atoms with Gasteiger partial charge in [0.1, 0.15) is 0 Å². The van der Waals surface area contributed by atoms with Gasteiger partial charge in [-0.1, -0.05) is 38.5 Å². The largest absolute Gasteiger partial charge is 0.400 e. The summed E-state index contributed by atoms with van der Waals surface area (Å²) in [4.78, 5) is 28.5. The van der Waals surface area contributed by atoms with Crippen LogP contribution in [0, 0.1) is 10.8 Å². The summed E-state index contributed by atoms with van der Waals surface area (Å²) >= 11 is 0. The number of aliphatic imine (C=N–C) groups is 1. The molecule has 1 saturated carbocycles. The van der Waals surface area contributed by atoms with E-state index in [1.807, 2.05) is 0 Å². The molecular weight excluding hydrogens is 294 g/mol. The second-order valence-corrected chi connectivity index (χ2v) is 2.64. The second kappa shape index (κ2) is 96.0. The van der Waals surface area contributed by atoms with Crippen LogP contribution in [0.1, 0.15) is 38.5 Å². The Morgan fingerprint density at radius 1 is 0.682 bits per heavy atom. The zero-order valence-corrected chi connectivity index (χ0v) is 13.8. The minimum Gasteiger partial charge on any atom is -0.400 e. The predicted octanol–water partition coefficient (Wildman–Crippen LogP) is 0.920. The molecule has 0 bridgehead atoms. The van der Waals surface area contributed by atoms with Crippen molar-refractivity contribution in [3.8, 4) is 0 Å². The van der Waals surface area contributed by atoms with Gasteiger partial charge in [-0.05, 0) is 0 Å². The number of hydrogen-bond donors (Lipinski definition) is 5. The number of nitrogens with zero attached hydrogens (tertiary/aromatic N) is 1. The van der Waals surface area contributed by atoms with Crippen LogP contribution in [0.15, 0.2) is 4.99 Å². The molecule has 0 aliphatic heterocycles. The molecule has 22 heavy (non-hydrogen) atoms. The normalized spacial score (nSPS) is 8.86. The van der Waals surface area contributed by atoms with Crippen LogP contribution in [0.2, 0.25) is 0 Å². The van der Waals surface area contributed by atoms with Crippen molar-refractivity contribution in [3.63, 3.8) is 0 Å². The molecule has 132 valence electrons. The Hall–Kier alpha value is -1.98. The van der Waals surface area contributed by atoms with Crippen LogP contribution >= 0.6 is 0 Å². The average Bonchev–Trinajstić information content (AvgIpc) is 2.63. The minimum absolute atomic E-state index is 0.750. The first-order valence-corrected chi connectivity index (χ1v) is 6.12. The first kappa shape index (κ1) is 36.8. The number of carbonyl (C=O) groups excluding carboxylic acids is 3. The molecular formula is C13H29N3O6. The van der Waals surface area contributed by atoms with Crippen molar-refractivity contribution in [1.82, 2.24) is 0 Å². The summed E-state index contributed by atoms with van der Waals surface area (Å²) in [7, 11) is 4.38. The van der Waals surface area contributed by atoms with Crippen LogP contribution in [-0.4, -0.2) is 61.9 Å². The lowest BCUT2D eigenvalue weighted by Crippen LogP contribution is -1.85. The van der Waals surface area contributed by atoms with E-state index in [9.17, 15) is 0 Å². The highest BCUT2D eigenvalue weighted by Crippen LogP contribution is 2.15. The van der Waals surface area contributed by atoms with E-state index < -0.39 is 0 Å². The van der Waals surface area contributed by atoms with Gasteiger partial charge in [0.15, 0.2) is 0 Å². The Balaban J connectivity index is -0.0000000361. The smallest absolute Gasteiger partial charge is 0.234 e. The van der Waals surface area contributed by atoms with E-state index in [4.69, 9.17) is 40.5 Å². The fraction of sp³-hybridized carbons (Fsp3) is 0.769. The van der Waals surface area contributed by atoms with Gasteiger partial charge in [0.25, 0.3) is 0 Å². The summed E-state index contributed by atoms with van der Waals surface area (Å²) in [6.45, 7) is 0. The number of isocyanates is 3. The van der Waals surface area contributed by atoms with E-state index in [0.29, 0.717) is 0 Å². The van der Waals surface area contributed by atoms with Crippen LogP contribution in [0.25, 0.3) is 0 Å². The van der Waals surface area contributed by atoms with Gasteiger partial charge in [-0.15, -0.1) is 0 Å². The Morgan fingerprint density at radius 2 is 0.773 bits per heavy atom. The van der Waals surface area contributed by atoms with Gasteiger partial charge < -0.3 is 15.3 Å². The van der Waals surface area contributed by atoms with Gasteiger partial charge in [-0.3, -0.25) is 0 Å². The number of aliphatic hydroxyl groups excluding tert-OH is 3. The maximum atomic E-state index is 8.88. The number of hydrogen-bond acceptors (Lipinski definition) is 9. The highest BCUT2D eigenvalue weighted by molar-refractivity contribution is 5.32. The molecule has 0 saturated heterocycles. The lowest BCUT2D eigenvalue weighted by molar-refractivity contribution is 0.399. The van der Waals surface area contributed by atoms with Gasteiger partial charge >= 0.3 is 0 Å². The molecule has 0 aromatic rings. The van der Waals surface area contributed by atoms with Gasteiger partial charge in [0.05, 0.1) is 0 Å². The first-order valence-electron chi connectivity index (χ1n) is 6.12. The molecule has 0 amide bonds. The van der Waals surface area contributed by atoms with Crippen molar-refractivity contribution in [2.24, 2.45) is 4.99 Å². The summed E-state index contributed by atoms with van der Waals surface area (Å²) in [5.41, 5.74) is 0. The zero-order chi connectivity index (χ0) is 19.1. The topological polar surface area (TPSA) is 172 Å². The van der Waals surface area contributed by atoms with Crippen molar-refractivity contribution in [2.45, 2.75) is 38.5 Å². The van der Waals surface area contributed by atoms with E-state index in [1.165, 1.54) is 51.7 Å². The number of nitrogens with one attached hydrogen (secondary N) is 2. The van der Waals surface area contributed by atoms with Crippen LogP contribution < -0.4 is 0 Å². The molecule has 0 radical (unpaired) electrons. The second-order valence-electron chi connectivity index (χ2n) is 2.64. The maximum Gasteiger partial charge on any atom is 0.234 e. The summed E-state index contributed by atoms with van der Waals surface area (Å²) in [5.74, 6) is 0. The third-order valence-electron chi connectivity index (χ3n) is 1.59. The van der Waals surface area contributed by atoms with E-state index in [-0.39, 0.29) is 0 Å². The molecule has 1 aliphatic carbocycles. The molecule has 0 heterocycles. The van der Waals surface area contributed by atoms with E-state index in [1.54, 1.807) is 0 Å². The van der Waals surface area contributed by atoms with Crippen LogP contribution in [0.5, 0.6) is 0 Å². The lowest BCUT2D eigenvalue weighted by Gasteiger charge is -2.05. The average molecular weight is 323 g/mol. The zero-order valence-electron chi connectivity index (χ0n) is 13.8. The highest BCUT2D eigenvalue weighted by atomic mass is 16.2. The Morgan fingerprint density at radius 3 is 0.818 bits per heavy atom. The molecule has 0 atom stereocenters. The van der Waals surface area contributed by atoms with Crippen LogP contribution in [0.3, 0.4) is 0 Å². The molecule has 0 spiro atoms. The van der Waals surface area contributed by atoms with E-state index in [2.05, 4.69) is 4.99 Å². The maximum absolute atomic E-state index is 8.88. The van der Waals surface area contributed by atoms with Crippen LogP contribution in [0.4, 0.5) is 0 Å². The van der Waals surface area contributed by atoms with Crippen molar-refractivity contribution < 1.29 is 29.7 Å². The van der Waals surface area contributed by atoms with E-state index >= 15 is 0 Å². The Labute approximate surface area is 131 Å². The summed E-state index contributed by atoms with van der Waals surface area (Å²) in [5, 5.41) is 31.8. The number of rotatable bonds is 0. The molecule has 9 heteroatoms. The third kappa shape index (κ3) is 207. The summed E-state index contributed by atoms with van der Waals surface area (Å²) < 4.78 is 0. The fourth-order valence-corrected chi connectivity index (χ4v) is 1.06. The molecule has 0 aromatic heterocycles. The Kier molecular flexibility index (Phi) is 161. The van der Waals surface area contributed by atoms with Crippen molar-refractivity contribution in [3.05, 3.63) is 0 Å². The van der Waals surface area contributed by atoms with Crippen molar-refractivity contribution in [2.75, 3.05) is 28.4 Å². The molecule has 1 rings (SSSR count). The van der Waals surface area contributed by atoms with Gasteiger partial charge in [-0.25, -0.2) is 30.2 Å². The fourth-order valence-electron chi connectivity index (χ4n) is 1.06. The molecule has 1 aliphatic rings.